The molecule has 0 amide bonds. The van der Waals surface area contributed by atoms with Gasteiger partial charge in [-0.05, 0) is 28.7 Å². The Hall–Kier alpha value is -0.530. The molecule has 0 atom stereocenters. The predicted octanol–water partition coefficient (Wildman–Crippen LogP) is 3.17. The van der Waals surface area contributed by atoms with Crippen LogP contribution < -0.4 is 4.74 Å². The molecule has 13 heavy (non-hydrogen) atoms. The summed E-state index contributed by atoms with van der Waals surface area (Å²) in [5.74, 6) is -2.59. The first-order valence-electron chi connectivity index (χ1n) is 3.10. The Bertz CT molecular complexity index is 316. The first-order valence-corrected chi connectivity index (χ1v) is 4.18. The molecule has 1 aromatic carbocycles. The monoisotopic (exact) mass is 306 g/mol. The van der Waals surface area contributed by atoms with Gasteiger partial charge in [0.1, 0.15) is 5.82 Å². The second kappa shape index (κ2) is 4.12. The maximum Gasteiger partial charge on any atom is 0.387 e. The van der Waals surface area contributed by atoms with Crippen LogP contribution in [-0.4, -0.2) is 6.61 Å². The Labute approximate surface area is 84.8 Å². The van der Waals surface area contributed by atoms with Gasteiger partial charge in [0, 0.05) is 6.07 Å². The summed E-state index contributed by atoms with van der Waals surface area (Å²) >= 11 is 1.54. The number of rotatable bonds is 2. The van der Waals surface area contributed by atoms with E-state index in [2.05, 4.69) is 4.74 Å². The third-order valence-electron chi connectivity index (χ3n) is 1.19. The van der Waals surface area contributed by atoms with Crippen molar-refractivity contribution in [2.75, 3.05) is 0 Å². The van der Waals surface area contributed by atoms with Crippen LogP contribution in [0, 0.1) is 15.2 Å². The zero-order valence-corrected chi connectivity index (χ0v) is 8.19. The summed E-state index contributed by atoms with van der Waals surface area (Å²) in [6, 6.07) is 1.37. The Morgan fingerprint density at radius 3 is 2.31 bits per heavy atom. The molecule has 0 saturated carbocycles. The molecule has 0 radical (unpaired) electrons. The molecule has 0 heterocycles. The Morgan fingerprint density at radius 1 is 1.15 bits per heavy atom. The van der Waals surface area contributed by atoms with Crippen LogP contribution in [0.3, 0.4) is 0 Å². The van der Waals surface area contributed by atoms with Gasteiger partial charge in [-0.15, -0.1) is 0 Å². The highest BCUT2D eigenvalue weighted by molar-refractivity contribution is 14.1. The minimum atomic E-state index is -3.16. The first kappa shape index (κ1) is 10.6. The van der Waals surface area contributed by atoms with Crippen molar-refractivity contribution in [3.8, 4) is 5.75 Å². The van der Waals surface area contributed by atoms with Gasteiger partial charge in [-0.25, -0.2) is 8.78 Å². The van der Waals surface area contributed by atoms with Gasteiger partial charge in [0.2, 0.25) is 0 Å². The molecule has 0 aliphatic rings. The third kappa shape index (κ3) is 2.71. The zero-order chi connectivity index (χ0) is 10.0. The normalized spacial score (nSPS) is 10.6. The molecule has 1 nitrogen and oxygen atoms in total. The summed E-state index contributed by atoms with van der Waals surface area (Å²) in [5.41, 5.74) is 0. The quantitative estimate of drug-likeness (QED) is 0.463. The average Bonchev–Trinajstić information content (AvgIpc) is 1.99. The van der Waals surface area contributed by atoms with E-state index in [9.17, 15) is 17.6 Å². The summed E-state index contributed by atoms with van der Waals surface area (Å²) < 4.78 is 52.5. The van der Waals surface area contributed by atoms with Gasteiger partial charge in [-0.1, -0.05) is 0 Å². The minimum absolute atomic E-state index is 0.0108. The topological polar surface area (TPSA) is 9.23 Å². The molecule has 72 valence electrons. The highest BCUT2D eigenvalue weighted by Gasteiger charge is 2.12. The fourth-order valence-corrected chi connectivity index (χ4v) is 1.12. The lowest BCUT2D eigenvalue weighted by Gasteiger charge is -2.05. The van der Waals surface area contributed by atoms with E-state index in [-0.39, 0.29) is 3.57 Å². The molecule has 0 aromatic heterocycles. The van der Waals surface area contributed by atoms with E-state index >= 15 is 0 Å². The molecule has 0 bridgehead atoms. The fourth-order valence-electron chi connectivity index (χ4n) is 0.691. The molecule has 0 spiro atoms. The number of alkyl halides is 2. The standard InChI is InChI=1S/C7H3F4IO/c8-3-2-6(13-7(10)11)4(9)1-5(3)12/h1-2,7H. The summed E-state index contributed by atoms with van der Waals surface area (Å²) in [6.45, 7) is -3.16. The van der Waals surface area contributed by atoms with Crippen molar-refractivity contribution in [2.45, 2.75) is 6.61 Å². The number of ether oxygens (including phenoxy) is 1. The van der Waals surface area contributed by atoms with E-state index in [4.69, 9.17) is 0 Å². The number of benzene rings is 1. The van der Waals surface area contributed by atoms with E-state index < -0.39 is 24.0 Å². The fraction of sp³-hybridized carbons (Fsp3) is 0.143. The van der Waals surface area contributed by atoms with Crippen LogP contribution in [0.15, 0.2) is 12.1 Å². The summed E-state index contributed by atoms with van der Waals surface area (Å²) in [4.78, 5) is 0. The van der Waals surface area contributed by atoms with Crippen LogP contribution in [-0.2, 0) is 0 Å². The summed E-state index contributed by atoms with van der Waals surface area (Å²) in [5, 5.41) is 0. The molecular formula is C7H3F4IO. The maximum absolute atomic E-state index is 12.8. The van der Waals surface area contributed by atoms with Gasteiger partial charge in [0.25, 0.3) is 0 Å². The van der Waals surface area contributed by atoms with Gasteiger partial charge in [-0.3, -0.25) is 0 Å². The van der Waals surface area contributed by atoms with Crippen LogP contribution in [0.1, 0.15) is 0 Å². The molecule has 0 fully saturated rings. The number of hydrogen-bond acceptors (Lipinski definition) is 1. The van der Waals surface area contributed by atoms with Gasteiger partial charge >= 0.3 is 6.61 Å². The predicted molar refractivity (Wildman–Crippen MR) is 45.7 cm³/mol. The van der Waals surface area contributed by atoms with Crippen molar-refractivity contribution < 1.29 is 22.3 Å². The second-order valence-corrected chi connectivity index (χ2v) is 3.24. The zero-order valence-electron chi connectivity index (χ0n) is 6.03. The van der Waals surface area contributed by atoms with Crippen LogP contribution in [0.5, 0.6) is 5.75 Å². The van der Waals surface area contributed by atoms with Crippen molar-refractivity contribution in [3.05, 3.63) is 27.3 Å². The highest BCUT2D eigenvalue weighted by Crippen LogP contribution is 2.23. The van der Waals surface area contributed by atoms with E-state index in [1.165, 1.54) is 0 Å². The molecule has 0 unspecified atom stereocenters. The number of hydrogen-bond donors (Lipinski definition) is 0. The van der Waals surface area contributed by atoms with Crippen LogP contribution >= 0.6 is 22.6 Å². The third-order valence-corrected chi connectivity index (χ3v) is 2.02. The van der Waals surface area contributed by atoms with E-state index in [1.807, 2.05) is 0 Å². The molecule has 0 N–H and O–H groups in total. The van der Waals surface area contributed by atoms with Crippen molar-refractivity contribution in [3.63, 3.8) is 0 Å². The van der Waals surface area contributed by atoms with Crippen molar-refractivity contribution in [1.82, 2.24) is 0 Å². The average molecular weight is 306 g/mol. The maximum atomic E-state index is 12.8. The Kier molecular flexibility index (Phi) is 3.34. The van der Waals surface area contributed by atoms with Gasteiger partial charge < -0.3 is 4.74 Å². The summed E-state index contributed by atoms with van der Waals surface area (Å²) in [6.07, 6.45) is 0. The molecule has 0 saturated heterocycles. The van der Waals surface area contributed by atoms with Gasteiger partial charge in [-0.2, -0.15) is 8.78 Å². The molecule has 1 aromatic rings. The number of halogens is 5. The largest absolute Gasteiger partial charge is 0.432 e. The van der Waals surface area contributed by atoms with E-state index in [1.54, 1.807) is 22.6 Å². The summed E-state index contributed by atoms with van der Waals surface area (Å²) in [7, 11) is 0. The second-order valence-electron chi connectivity index (χ2n) is 2.08. The van der Waals surface area contributed by atoms with Crippen LogP contribution in [0.25, 0.3) is 0 Å². The lowest BCUT2D eigenvalue weighted by Crippen LogP contribution is -2.04. The molecule has 0 aliphatic carbocycles. The Balaban J connectivity index is 3.01. The Morgan fingerprint density at radius 2 is 1.77 bits per heavy atom. The van der Waals surface area contributed by atoms with E-state index in [0.29, 0.717) is 6.07 Å². The van der Waals surface area contributed by atoms with E-state index in [0.717, 1.165) is 6.07 Å². The first-order chi connectivity index (χ1) is 6.00. The van der Waals surface area contributed by atoms with Crippen molar-refractivity contribution in [1.29, 1.82) is 0 Å². The smallest absolute Gasteiger partial charge is 0.387 e. The molecule has 1 rings (SSSR count). The van der Waals surface area contributed by atoms with Crippen molar-refractivity contribution in [2.24, 2.45) is 0 Å². The highest BCUT2D eigenvalue weighted by atomic mass is 127. The SMILES string of the molecule is Fc1cc(OC(F)F)c(F)cc1I. The van der Waals surface area contributed by atoms with Crippen molar-refractivity contribution >= 4 is 22.6 Å². The van der Waals surface area contributed by atoms with Gasteiger partial charge in [0.15, 0.2) is 11.6 Å². The van der Waals surface area contributed by atoms with Crippen LogP contribution in [0.2, 0.25) is 0 Å². The molecular weight excluding hydrogens is 303 g/mol. The van der Waals surface area contributed by atoms with Gasteiger partial charge in [0.05, 0.1) is 3.57 Å². The molecule has 6 heteroatoms. The lowest BCUT2D eigenvalue weighted by molar-refractivity contribution is -0.0523. The lowest BCUT2D eigenvalue weighted by atomic mass is 10.3. The molecule has 0 aliphatic heterocycles. The minimum Gasteiger partial charge on any atom is -0.432 e. The van der Waals surface area contributed by atoms with Crippen LogP contribution in [0.4, 0.5) is 17.6 Å².